The molecule has 0 fully saturated rings. The third kappa shape index (κ3) is 1.79. The number of carbonyl (C=O) groups is 1. The van der Waals surface area contributed by atoms with Crippen LogP contribution < -0.4 is 0 Å². The van der Waals surface area contributed by atoms with E-state index in [0.717, 1.165) is 16.6 Å². The Bertz CT molecular complexity index is 591. The molecule has 0 saturated carbocycles. The highest BCUT2D eigenvalue weighted by Crippen LogP contribution is 2.29. The number of carboxylic acid groups (broad SMARTS) is 1. The van der Waals surface area contributed by atoms with Crippen molar-refractivity contribution in [3.05, 3.63) is 29.6 Å². The van der Waals surface area contributed by atoms with Gasteiger partial charge < -0.3 is 9.67 Å². The Morgan fingerprint density at radius 3 is 2.53 bits per heavy atom. The summed E-state index contributed by atoms with van der Waals surface area (Å²) < 4.78 is 1.62. The number of aryl methyl sites for hydroxylation is 1. The minimum Gasteiger partial charge on any atom is -0.475 e. The highest BCUT2D eigenvalue weighted by atomic mass is 16.4. The normalized spacial score (nSPS) is 12.0. The van der Waals surface area contributed by atoms with Gasteiger partial charge in [-0.3, -0.25) is 0 Å². The maximum atomic E-state index is 11.1. The second-order valence-corrected chi connectivity index (χ2v) is 5.22. The fourth-order valence-corrected chi connectivity index (χ4v) is 2.01. The Balaban J connectivity index is 2.83. The van der Waals surface area contributed by atoms with Crippen molar-refractivity contribution in [2.75, 3.05) is 0 Å². The van der Waals surface area contributed by atoms with Gasteiger partial charge in [0.2, 0.25) is 5.82 Å². The molecule has 0 bridgehead atoms. The van der Waals surface area contributed by atoms with Crippen molar-refractivity contribution in [1.82, 2.24) is 9.55 Å². The first-order chi connectivity index (χ1) is 7.82. The van der Waals surface area contributed by atoms with Crippen molar-refractivity contribution >= 4 is 17.0 Å². The molecule has 4 nitrogen and oxygen atoms in total. The molecule has 0 saturated heterocycles. The molecule has 0 aliphatic heterocycles. The Morgan fingerprint density at radius 2 is 2.00 bits per heavy atom. The quantitative estimate of drug-likeness (QED) is 0.822. The number of nitrogens with zero attached hydrogens (tertiary/aromatic N) is 2. The predicted octanol–water partition coefficient (Wildman–Crippen LogP) is 2.57. The minimum absolute atomic E-state index is 0.0519. The van der Waals surface area contributed by atoms with Gasteiger partial charge in [-0.1, -0.05) is 32.9 Å². The van der Waals surface area contributed by atoms with Crippen LogP contribution in [0, 0.1) is 0 Å². The number of hydrogen-bond donors (Lipinski definition) is 1. The predicted molar refractivity (Wildman–Crippen MR) is 66.4 cm³/mol. The SMILES string of the molecule is Cn1c(C(=O)O)nc2c(C(C)(C)C)cccc21. The lowest BCUT2D eigenvalue weighted by molar-refractivity contribution is 0.0680. The monoisotopic (exact) mass is 232 g/mol. The third-order valence-corrected chi connectivity index (χ3v) is 2.91. The smallest absolute Gasteiger partial charge is 0.372 e. The molecule has 17 heavy (non-hydrogen) atoms. The van der Waals surface area contributed by atoms with Crippen LogP contribution in [-0.4, -0.2) is 20.6 Å². The molecule has 90 valence electrons. The van der Waals surface area contributed by atoms with Gasteiger partial charge in [0.25, 0.3) is 0 Å². The second kappa shape index (κ2) is 3.58. The molecular weight excluding hydrogens is 216 g/mol. The highest BCUT2D eigenvalue weighted by molar-refractivity contribution is 5.91. The van der Waals surface area contributed by atoms with Crippen molar-refractivity contribution in [3.63, 3.8) is 0 Å². The van der Waals surface area contributed by atoms with Crippen molar-refractivity contribution in [1.29, 1.82) is 0 Å². The molecule has 0 unspecified atom stereocenters. The van der Waals surface area contributed by atoms with Gasteiger partial charge in [-0.2, -0.15) is 0 Å². The van der Waals surface area contributed by atoms with Crippen molar-refractivity contribution in [3.8, 4) is 0 Å². The number of benzene rings is 1. The molecule has 4 heteroatoms. The minimum atomic E-state index is -0.997. The van der Waals surface area contributed by atoms with Gasteiger partial charge in [0.05, 0.1) is 11.0 Å². The summed E-state index contributed by atoms with van der Waals surface area (Å²) in [5.41, 5.74) is 2.65. The standard InChI is InChI=1S/C13H16N2O2/c1-13(2,3)8-6-5-7-9-10(8)14-11(12(16)17)15(9)4/h5-7H,1-4H3,(H,16,17). The highest BCUT2D eigenvalue weighted by Gasteiger charge is 2.22. The summed E-state index contributed by atoms with van der Waals surface area (Å²) in [6, 6.07) is 5.83. The molecule has 1 aromatic heterocycles. The summed E-state index contributed by atoms with van der Waals surface area (Å²) in [6.07, 6.45) is 0. The van der Waals surface area contributed by atoms with Crippen molar-refractivity contribution in [2.45, 2.75) is 26.2 Å². The average molecular weight is 232 g/mol. The average Bonchev–Trinajstić information content (AvgIpc) is 2.55. The Morgan fingerprint density at radius 1 is 1.35 bits per heavy atom. The fraction of sp³-hybridized carbons (Fsp3) is 0.385. The zero-order valence-electron chi connectivity index (χ0n) is 10.5. The molecule has 0 radical (unpaired) electrons. The maximum Gasteiger partial charge on any atom is 0.372 e. The Labute approximate surface area is 99.9 Å². The summed E-state index contributed by atoms with van der Waals surface area (Å²) in [4.78, 5) is 15.3. The Kier molecular flexibility index (Phi) is 2.45. The van der Waals surface area contributed by atoms with Gasteiger partial charge in [0.1, 0.15) is 0 Å². The number of aromatic nitrogens is 2. The number of rotatable bonds is 1. The Hall–Kier alpha value is -1.84. The largest absolute Gasteiger partial charge is 0.475 e. The summed E-state index contributed by atoms with van der Waals surface area (Å²) in [5.74, 6) is -0.916. The van der Waals surface area contributed by atoms with E-state index in [2.05, 4.69) is 25.8 Å². The van der Waals surface area contributed by atoms with Crippen molar-refractivity contribution in [2.24, 2.45) is 7.05 Å². The summed E-state index contributed by atoms with van der Waals surface area (Å²) in [7, 11) is 1.73. The van der Waals surface area contributed by atoms with Crippen LogP contribution in [0.25, 0.3) is 11.0 Å². The number of aromatic carboxylic acids is 1. The van der Waals surface area contributed by atoms with E-state index in [1.807, 2.05) is 18.2 Å². The zero-order chi connectivity index (χ0) is 12.8. The van der Waals surface area contributed by atoms with Crippen LogP contribution >= 0.6 is 0 Å². The number of hydrogen-bond acceptors (Lipinski definition) is 2. The lowest BCUT2D eigenvalue weighted by Crippen LogP contribution is -2.11. The van der Waals surface area contributed by atoms with Gasteiger partial charge in [0.15, 0.2) is 0 Å². The lowest BCUT2D eigenvalue weighted by Gasteiger charge is -2.19. The molecule has 1 aromatic carbocycles. The van der Waals surface area contributed by atoms with Crippen molar-refractivity contribution < 1.29 is 9.90 Å². The van der Waals surface area contributed by atoms with Crippen LogP contribution in [0.15, 0.2) is 18.2 Å². The molecule has 0 atom stereocenters. The van der Waals surface area contributed by atoms with Crippen LogP contribution in [0.5, 0.6) is 0 Å². The number of imidazole rings is 1. The van der Waals surface area contributed by atoms with Gasteiger partial charge in [-0.05, 0) is 17.0 Å². The molecule has 0 amide bonds. The van der Waals surface area contributed by atoms with Crippen LogP contribution in [0.4, 0.5) is 0 Å². The molecule has 0 spiro atoms. The van der Waals surface area contributed by atoms with E-state index in [4.69, 9.17) is 5.11 Å². The van der Waals surface area contributed by atoms with E-state index < -0.39 is 5.97 Å². The molecule has 0 aliphatic carbocycles. The molecular formula is C13H16N2O2. The summed E-state index contributed by atoms with van der Waals surface area (Å²) in [5, 5.41) is 9.08. The maximum absolute atomic E-state index is 11.1. The molecule has 0 aliphatic rings. The lowest BCUT2D eigenvalue weighted by atomic mass is 9.86. The van der Waals surface area contributed by atoms with Crippen LogP contribution in [0.3, 0.4) is 0 Å². The first-order valence-electron chi connectivity index (χ1n) is 5.51. The first kappa shape index (κ1) is 11.6. The zero-order valence-corrected chi connectivity index (χ0v) is 10.5. The van der Waals surface area contributed by atoms with E-state index in [1.54, 1.807) is 11.6 Å². The van der Waals surface area contributed by atoms with Gasteiger partial charge in [-0.25, -0.2) is 9.78 Å². The van der Waals surface area contributed by atoms with Crippen LogP contribution in [-0.2, 0) is 12.5 Å². The van der Waals surface area contributed by atoms with Gasteiger partial charge in [-0.15, -0.1) is 0 Å². The summed E-state index contributed by atoms with van der Waals surface area (Å²) >= 11 is 0. The van der Waals surface area contributed by atoms with E-state index in [-0.39, 0.29) is 11.2 Å². The first-order valence-corrected chi connectivity index (χ1v) is 5.51. The summed E-state index contributed by atoms with van der Waals surface area (Å²) in [6.45, 7) is 6.28. The molecule has 2 aromatic rings. The van der Waals surface area contributed by atoms with E-state index >= 15 is 0 Å². The van der Waals surface area contributed by atoms with Gasteiger partial charge in [0, 0.05) is 7.05 Å². The molecule has 1 N–H and O–H groups in total. The second-order valence-electron chi connectivity index (χ2n) is 5.22. The topological polar surface area (TPSA) is 55.1 Å². The molecule has 1 heterocycles. The number of fused-ring (bicyclic) bond motifs is 1. The van der Waals surface area contributed by atoms with E-state index in [0.29, 0.717) is 0 Å². The van der Waals surface area contributed by atoms with Crippen LogP contribution in [0.2, 0.25) is 0 Å². The molecule has 2 rings (SSSR count). The van der Waals surface area contributed by atoms with E-state index in [9.17, 15) is 4.79 Å². The fourth-order valence-electron chi connectivity index (χ4n) is 2.01. The third-order valence-electron chi connectivity index (χ3n) is 2.91. The van der Waals surface area contributed by atoms with Crippen LogP contribution in [0.1, 0.15) is 37.0 Å². The number of carboxylic acids is 1. The number of para-hydroxylation sites is 1. The van der Waals surface area contributed by atoms with E-state index in [1.165, 1.54) is 0 Å². The van der Waals surface area contributed by atoms with Gasteiger partial charge >= 0.3 is 5.97 Å².